The van der Waals surface area contributed by atoms with Crippen molar-refractivity contribution in [3.05, 3.63) is 78.5 Å². The second kappa shape index (κ2) is 8.57. The fourth-order valence-corrected chi connectivity index (χ4v) is 4.34. The van der Waals surface area contributed by atoms with Gasteiger partial charge >= 0.3 is 0 Å². The van der Waals surface area contributed by atoms with Crippen LogP contribution in [-0.4, -0.2) is 45.8 Å². The smallest absolute Gasteiger partial charge is 0.162 e. The third-order valence-corrected chi connectivity index (χ3v) is 5.98. The highest BCUT2D eigenvalue weighted by molar-refractivity contribution is 6.29. The Morgan fingerprint density at radius 1 is 0.969 bits per heavy atom. The van der Waals surface area contributed by atoms with Crippen LogP contribution >= 0.6 is 11.6 Å². The number of rotatable bonds is 5. The largest absolute Gasteiger partial charge is 0.369 e. The standard InChI is InChI=1S/C25H23ClN6/c1-3-20-21(13-24(26)30-23(20)4-2)22-15-29-32-16-18(14-28-25(22)32)17-5-7-19(8-6-17)31-11-9-27-10-12-31/h3-8,13-16,27H,1-2,9-12H2. The Balaban J connectivity index is 1.51. The van der Waals surface area contributed by atoms with Gasteiger partial charge in [0.15, 0.2) is 5.65 Å². The van der Waals surface area contributed by atoms with Crippen molar-refractivity contribution in [1.82, 2.24) is 24.9 Å². The Morgan fingerprint density at radius 2 is 1.75 bits per heavy atom. The minimum absolute atomic E-state index is 0.390. The van der Waals surface area contributed by atoms with Crippen molar-refractivity contribution in [2.45, 2.75) is 0 Å². The second-order valence-electron chi connectivity index (χ2n) is 7.65. The summed E-state index contributed by atoms with van der Waals surface area (Å²) in [4.78, 5) is 11.5. The lowest BCUT2D eigenvalue weighted by molar-refractivity contribution is 0.589. The maximum Gasteiger partial charge on any atom is 0.162 e. The van der Waals surface area contributed by atoms with Crippen LogP contribution in [-0.2, 0) is 0 Å². The van der Waals surface area contributed by atoms with Gasteiger partial charge in [-0.25, -0.2) is 14.5 Å². The molecule has 1 aromatic carbocycles. The number of hydrogen-bond acceptors (Lipinski definition) is 5. The van der Waals surface area contributed by atoms with Gasteiger partial charge in [-0.2, -0.15) is 5.10 Å². The minimum Gasteiger partial charge on any atom is -0.369 e. The molecule has 0 spiro atoms. The van der Waals surface area contributed by atoms with Crippen molar-refractivity contribution in [2.24, 2.45) is 0 Å². The summed E-state index contributed by atoms with van der Waals surface area (Å²) >= 11 is 6.25. The van der Waals surface area contributed by atoms with Gasteiger partial charge in [-0.15, -0.1) is 0 Å². The molecule has 1 aliphatic rings. The Kier molecular flexibility index (Phi) is 5.47. The van der Waals surface area contributed by atoms with Crippen molar-refractivity contribution < 1.29 is 0 Å². The normalized spacial score (nSPS) is 14.0. The first-order valence-corrected chi connectivity index (χ1v) is 10.9. The molecule has 0 amide bonds. The Morgan fingerprint density at radius 3 is 2.47 bits per heavy atom. The summed E-state index contributed by atoms with van der Waals surface area (Å²) in [7, 11) is 0. The molecule has 0 unspecified atom stereocenters. The average Bonchev–Trinajstić information content (AvgIpc) is 3.27. The number of anilines is 1. The quantitative estimate of drug-likeness (QED) is 0.449. The van der Waals surface area contributed by atoms with Crippen molar-refractivity contribution in [2.75, 3.05) is 31.1 Å². The molecule has 0 atom stereocenters. The first-order chi connectivity index (χ1) is 15.7. The monoisotopic (exact) mass is 442 g/mol. The Bertz CT molecular complexity index is 1300. The number of piperazine rings is 1. The van der Waals surface area contributed by atoms with E-state index < -0.39 is 0 Å². The van der Waals surface area contributed by atoms with Crippen LogP contribution in [0.4, 0.5) is 5.69 Å². The zero-order valence-electron chi connectivity index (χ0n) is 17.6. The van der Waals surface area contributed by atoms with Crippen LogP contribution in [0.1, 0.15) is 11.3 Å². The molecule has 3 aromatic heterocycles. The first kappa shape index (κ1) is 20.4. The molecule has 4 heterocycles. The number of fused-ring (bicyclic) bond motifs is 1. The van der Waals surface area contributed by atoms with Crippen LogP contribution in [0.2, 0.25) is 5.15 Å². The highest BCUT2D eigenvalue weighted by atomic mass is 35.5. The molecule has 1 N–H and O–H groups in total. The summed E-state index contributed by atoms with van der Waals surface area (Å²) in [6, 6.07) is 10.4. The van der Waals surface area contributed by atoms with Gasteiger partial charge in [0, 0.05) is 61.0 Å². The molecule has 7 heteroatoms. The molecular weight excluding hydrogens is 420 g/mol. The van der Waals surface area contributed by atoms with Crippen molar-refractivity contribution in [1.29, 1.82) is 0 Å². The van der Waals surface area contributed by atoms with Crippen LogP contribution in [0, 0.1) is 0 Å². The molecule has 0 bridgehead atoms. The lowest BCUT2D eigenvalue weighted by atomic mass is 10.0. The maximum absolute atomic E-state index is 6.25. The molecule has 0 saturated carbocycles. The lowest BCUT2D eigenvalue weighted by Crippen LogP contribution is -2.43. The van der Waals surface area contributed by atoms with E-state index in [1.807, 2.05) is 18.5 Å². The first-order valence-electron chi connectivity index (χ1n) is 10.5. The van der Waals surface area contributed by atoms with Crippen LogP contribution in [0.3, 0.4) is 0 Å². The van der Waals surface area contributed by atoms with E-state index in [9.17, 15) is 0 Å². The van der Waals surface area contributed by atoms with Crippen LogP contribution in [0.25, 0.3) is 40.1 Å². The van der Waals surface area contributed by atoms with E-state index in [1.165, 1.54) is 5.69 Å². The van der Waals surface area contributed by atoms with Crippen molar-refractivity contribution in [3.8, 4) is 22.3 Å². The Hall–Kier alpha value is -3.48. The van der Waals surface area contributed by atoms with Gasteiger partial charge in [-0.3, -0.25) is 0 Å². The zero-order chi connectivity index (χ0) is 22.1. The van der Waals surface area contributed by atoms with Gasteiger partial charge in [0.1, 0.15) is 5.15 Å². The molecule has 6 nitrogen and oxygen atoms in total. The van der Waals surface area contributed by atoms with Crippen LogP contribution in [0.5, 0.6) is 0 Å². The van der Waals surface area contributed by atoms with Gasteiger partial charge in [0.25, 0.3) is 0 Å². The summed E-state index contributed by atoms with van der Waals surface area (Å²) in [5.41, 5.74) is 7.38. The Labute approximate surface area is 191 Å². The summed E-state index contributed by atoms with van der Waals surface area (Å²) in [6.07, 6.45) is 9.11. The number of halogens is 1. The van der Waals surface area contributed by atoms with E-state index in [2.05, 4.69) is 57.7 Å². The molecule has 4 aromatic rings. The van der Waals surface area contributed by atoms with Gasteiger partial charge in [-0.1, -0.05) is 43.0 Å². The van der Waals surface area contributed by atoms with Gasteiger partial charge in [-0.05, 0) is 35.4 Å². The average molecular weight is 443 g/mol. The van der Waals surface area contributed by atoms with E-state index in [0.29, 0.717) is 10.8 Å². The van der Waals surface area contributed by atoms with Crippen molar-refractivity contribution in [3.63, 3.8) is 0 Å². The summed E-state index contributed by atoms with van der Waals surface area (Å²) in [5.74, 6) is 0. The number of hydrogen-bond donors (Lipinski definition) is 1. The van der Waals surface area contributed by atoms with Crippen LogP contribution in [0.15, 0.2) is 62.1 Å². The summed E-state index contributed by atoms with van der Waals surface area (Å²) in [6.45, 7) is 11.9. The number of nitrogens with one attached hydrogen (secondary N) is 1. The number of benzene rings is 1. The lowest BCUT2D eigenvalue weighted by Gasteiger charge is -2.29. The molecule has 1 aliphatic heterocycles. The van der Waals surface area contributed by atoms with Crippen LogP contribution < -0.4 is 10.2 Å². The number of pyridine rings is 1. The molecular formula is C25H23ClN6. The van der Waals surface area contributed by atoms with E-state index in [4.69, 9.17) is 16.6 Å². The molecule has 160 valence electrons. The van der Waals surface area contributed by atoms with Crippen molar-refractivity contribution >= 4 is 35.1 Å². The third kappa shape index (κ3) is 3.68. The summed E-state index contributed by atoms with van der Waals surface area (Å²) in [5, 5.41) is 8.33. The molecule has 5 rings (SSSR count). The van der Waals surface area contributed by atoms with E-state index in [-0.39, 0.29) is 0 Å². The zero-order valence-corrected chi connectivity index (χ0v) is 18.4. The molecule has 1 fully saturated rings. The molecule has 1 saturated heterocycles. The minimum atomic E-state index is 0.390. The second-order valence-corrected chi connectivity index (χ2v) is 8.04. The van der Waals surface area contributed by atoms with E-state index >= 15 is 0 Å². The highest BCUT2D eigenvalue weighted by Gasteiger charge is 2.16. The molecule has 32 heavy (non-hydrogen) atoms. The molecule has 0 radical (unpaired) electrons. The predicted octanol–water partition coefficient (Wildman–Crippen LogP) is 4.81. The fraction of sp³-hybridized carbons (Fsp3) is 0.160. The van der Waals surface area contributed by atoms with E-state index in [0.717, 1.165) is 59.6 Å². The third-order valence-electron chi connectivity index (χ3n) is 5.78. The highest BCUT2D eigenvalue weighted by Crippen LogP contribution is 2.32. The summed E-state index contributed by atoms with van der Waals surface area (Å²) < 4.78 is 1.80. The number of aromatic nitrogens is 4. The maximum atomic E-state index is 6.25. The van der Waals surface area contributed by atoms with E-state index in [1.54, 1.807) is 22.9 Å². The van der Waals surface area contributed by atoms with Gasteiger partial charge in [0.05, 0.1) is 11.9 Å². The molecule has 0 aliphatic carbocycles. The topological polar surface area (TPSA) is 58.4 Å². The van der Waals surface area contributed by atoms with Gasteiger partial charge in [0.2, 0.25) is 0 Å². The number of nitrogens with zero attached hydrogens (tertiary/aromatic N) is 5. The van der Waals surface area contributed by atoms with Gasteiger partial charge < -0.3 is 10.2 Å². The predicted molar refractivity (Wildman–Crippen MR) is 132 cm³/mol. The fourth-order valence-electron chi connectivity index (χ4n) is 4.14. The SMILES string of the molecule is C=Cc1nc(Cl)cc(-c2cnn3cc(-c4ccc(N5CCNCC5)cc4)cnc23)c1C=C.